The maximum absolute atomic E-state index is 15.6. The summed E-state index contributed by atoms with van der Waals surface area (Å²) < 4.78 is 53.3. The van der Waals surface area contributed by atoms with Crippen LogP contribution in [0.2, 0.25) is 0 Å². The molecule has 0 radical (unpaired) electrons. The van der Waals surface area contributed by atoms with E-state index in [1.807, 2.05) is 6.92 Å². The van der Waals surface area contributed by atoms with E-state index in [-0.39, 0.29) is 47.2 Å². The lowest BCUT2D eigenvalue weighted by Gasteiger charge is -2.71. The van der Waals surface area contributed by atoms with Crippen LogP contribution in [0.15, 0.2) is 11.6 Å². The molecule has 4 saturated carbocycles. The van der Waals surface area contributed by atoms with Crippen LogP contribution in [0.25, 0.3) is 0 Å². The van der Waals surface area contributed by atoms with Crippen molar-refractivity contribution in [1.82, 2.24) is 0 Å². The Balaban J connectivity index is 0.988. The quantitative estimate of drug-likeness (QED) is 0.0645. The summed E-state index contributed by atoms with van der Waals surface area (Å²) in [6.07, 6.45) is -21.9. The molecule has 0 aromatic carbocycles. The smallest absolute Gasteiger partial charge is 0.315 e. The number of ether oxygens (including phenoxy) is 9. The van der Waals surface area contributed by atoms with Gasteiger partial charge in [0.15, 0.2) is 31.1 Å². The maximum atomic E-state index is 15.6. The molecule has 0 bridgehead atoms. The van der Waals surface area contributed by atoms with Crippen LogP contribution in [-0.2, 0) is 52.2 Å². The highest BCUT2D eigenvalue weighted by Crippen LogP contribution is 2.76. The van der Waals surface area contributed by atoms with Crippen molar-refractivity contribution in [2.24, 2.45) is 50.2 Å². The number of aliphatic hydroxyl groups excluding tert-OH is 12. The van der Waals surface area contributed by atoms with Gasteiger partial charge < -0.3 is 104 Å². The van der Waals surface area contributed by atoms with E-state index in [0.717, 1.165) is 19.8 Å². The van der Waals surface area contributed by atoms with Crippen molar-refractivity contribution in [2.45, 2.75) is 242 Å². The van der Waals surface area contributed by atoms with Crippen molar-refractivity contribution in [3.63, 3.8) is 0 Å². The van der Waals surface area contributed by atoms with Crippen LogP contribution < -0.4 is 0 Å². The topological polar surface area (TPSA) is 360 Å². The fourth-order valence-corrected chi connectivity index (χ4v) is 16.4. The van der Waals surface area contributed by atoms with Gasteiger partial charge in [-0.25, -0.2) is 0 Å². The molecule has 4 saturated heterocycles. The van der Waals surface area contributed by atoms with Gasteiger partial charge in [-0.1, -0.05) is 53.2 Å². The lowest BCUT2D eigenvalue weighted by Crippen LogP contribution is -2.67. The van der Waals surface area contributed by atoms with Gasteiger partial charge in [0.25, 0.3) is 0 Å². The van der Waals surface area contributed by atoms with Crippen LogP contribution in [0.4, 0.5) is 0 Å². The summed E-state index contributed by atoms with van der Waals surface area (Å²) in [5.41, 5.74) is -1.94. The molecule has 28 unspecified atom stereocenters. The lowest BCUT2D eigenvalue weighted by molar-refractivity contribution is -0.365. The number of rotatable bonds is 12. The van der Waals surface area contributed by atoms with Crippen molar-refractivity contribution in [3.8, 4) is 0 Å². The number of carbonyl (C=O) groups excluding carboxylic acids is 2. The fraction of sp³-hybridized carbons (Fsp3) is 0.927. The van der Waals surface area contributed by atoms with Crippen LogP contribution in [0, 0.1) is 50.2 Å². The standard InChI is InChI=1S/C55H88O23/c1-24-34(60)37(63)40(66)46(72-24)77-44-39(65)36(62)30(22-71-45-42(68)43(73-25(2)58)28(59)21-70-45)75-48(44)78-49(69)55-17-15-50(3,4)19-27(55)26-9-10-32-51(5)13-12-33(76-47-41(67)38(64)35(61)29(20-56)74-47)52(6,23-57)31(51)11-14-54(32,8)53(26,7)16-18-55/h9,24,27-48,56-57,59-68H,10-23H2,1-8H3. The van der Waals surface area contributed by atoms with Crippen molar-refractivity contribution in [3.05, 3.63) is 11.6 Å². The Morgan fingerprint density at radius 1 is 0.641 bits per heavy atom. The minimum Gasteiger partial charge on any atom is -0.457 e. The van der Waals surface area contributed by atoms with Crippen molar-refractivity contribution >= 4 is 11.9 Å². The molecule has 9 rings (SSSR count). The van der Waals surface area contributed by atoms with E-state index in [1.54, 1.807) is 0 Å². The molecule has 0 aromatic heterocycles. The normalized spacial score (nSPS) is 53.1. The second-order valence-electron chi connectivity index (χ2n) is 26.3. The Kier molecular flexibility index (Phi) is 17.2. The molecular weight excluding hydrogens is 1030 g/mol. The van der Waals surface area contributed by atoms with E-state index in [0.29, 0.717) is 51.4 Å². The zero-order valence-corrected chi connectivity index (χ0v) is 46.1. The highest BCUT2D eigenvalue weighted by atomic mass is 16.8. The monoisotopic (exact) mass is 1120 g/mol. The molecule has 23 nitrogen and oxygen atoms in total. The molecule has 4 aliphatic heterocycles. The lowest BCUT2D eigenvalue weighted by atomic mass is 9.33. The number of esters is 2. The average Bonchev–Trinajstić information content (AvgIpc) is 3.39. The second-order valence-corrected chi connectivity index (χ2v) is 26.3. The second kappa shape index (κ2) is 22.2. The van der Waals surface area contributed by atoms with E-state index >= 15 is 4.79 Å². The molecule has 0 amide bonds. The van der Waals surface area contributed by atoms with E-state index in [1.165, 1.54) is 12.5 Å². The van der Waals surface area contributed by atoms with Gasteiger partial charge in [0, 0.05) is 12.3 Å². The average molecular weight is 1120 g/mol. The van der Waals surface area contributed by atoms with Gasteiger partial charge >= 0.3 is 11.9 Å². The van der Waals surface area contributed by atoms with Gasteiger partial charge in [0.1, 0.15) is 73.2 Å². The Hall–Kier alpha value is -2.08. The SMILES string of the molecule is CC(=O)OC1C(O)COC(OCC2OC(OC(=O)C34CCC(C)(C)CC3C3=CCC5C6(C)CCC(OC7OC(CO)C(O)C(O)C7O)C(C)(CO)C6CCC5(C)C3(C)CC4)C(OC3OC(C)C(O)C(O)C3O)C(O)C2O)C1O. The minimum atomic E-state index is -1.92. The number of hydrogen-bond acceptors (Lipinski definition) is 23. The van der Waals surface area contributed by atoms with Gasteiger partial charge in [-0.2, -0.15) is 0 Å². The van der Waals surface area contributed by atoms with E-state index < -0.39 is 164 Å². The predicted molar refractivity (Wildman–Crippen MR) is 266 cm³/mol. The van der Waals surface area contributed by atoms with Gasteiger partial charge in [0.2, 0.25) is 6.29 Å². The molecule has 8 fully saturated rings. The van der Waals surface area contributed by atoms with Crippen molar-refractivity contribution in [2.75, 3.05) is 26.4 Å². The van der Waals surface area contributed by atoms with E-state index in [4.69, 9.17) is 42.6 Å². The Morgan fingerprint density at radius 2 is 1.28 bits per heavy atom. The first-order valence-corrected chi connectivity index (χ1v) is 28.1. The first kappa shape index (κ1) is 60.5. The molecule has 5 aliphatic carbocycles. The largest absolute Gasteiger partial charge is 0.457 e. The summed E-state index contributed by atoms with van der Waals surface area (Å²) >= 11 is 0. The van der Waals surface area contributed by atoms with Crippen LogP contribution in [0.5, 0.6) is 0 Å². The van der Waals surface area contributed by atoms with Crippen LogP contribution in [0.1, 0.15) is 120 Å². The molecule has 28 atom stereocenters. The number of hydrogen-bond donors (Lipinski definition) is 12. The molecule has 78 heavy (non-hydrogen) atoms. The van der Waals surface area contributed by atoms with Gasteiger partial charge in [-0.05, 0) is 111 Å². The molecule has 0 aromatic rings. The van der Waals surface area contributed by atoms with E-state index in [2.05, 4.69) is 40.7 Å². The Labute approximate surface area is 455 Å². The summed E-state index contributed by atoms with van der Waals surface area (Å²) in [7, 11) is 0. The Morgan fingerprint density at radius 3 is 1.95 bits per heavy atom. The zero-order chi connectivity index (χ0) is 57.0. The summed E-state index contributed by atoms with van der Waals surface area (Å²) in [4.78, 5) is 27.4. The van der Waals surface area contributed by atoms with Gasteiger partial charge in [0.05, 0.1) is 44.1 Å². The third kappa shape index (κ3) is 10.0. The van der Waals surface area contributed by atoms with Crippen LogP contribution in [-0.4, -0.2) is 222 Å². The van der Waals surface area contributed by atoms with Crippen LogP contribution in [0.3, 0.4) is 0 Å². The summed E-state index contributed by atoms with van der Waals surface area (Å²) in [6, 6.07) is 0. The minimum absolute atomic E-state index is 0.0437. The van der Waals surface area contributed by atoms with Gasteiger partial charge in [-0.3, -0.25) is 9.59 Å². The molecule has 0 spiro atoms. The predicted octanol–water partition coefficient (Wildman–Crippen LogP) is -0.825. The highest BCUT2D eigenvalue weighted by molar-refractivity contribution is 5.79. The maximum Gasteiger partial charge on any atom is 0.315 e. The molecule has 446 valence electrons. The molecule has 12 N–H and O–H groups in total. The molecule has 23 heteroatoms. The number of aliphatic hydroxyl groups is 12. The summed E-state index contributed by atoms with van der Waals surface area (Å²) in [6.45, 7) is 14.1. The third-order valence-corrected chi connectivity index (χ3v) is 21.4. The first-order valence-electron chi connectivity index (χ1n) is 28.1. The molecular formula is C55H88O23. The number of carbonyl (C=O) groups is 2. The molecule has 9 aliphatic rings. The van der Waals surface area contributed by atoms with E-state index in [9.17, 15) is 66.1 Å². The highest BCUT2D eigenvalue weighted by Gasteiger charge is 2.71. The first-order chi connectivity index (χ1) is 36.5. The summed E-state index contributed by atoms with van der Waals surface area (Å²) in [5.74, 6) is -1.64. The Bertz CT molecular complexity index is 2180. The molecule has 4 heterocycles. The zero-order valence-electron chi connectivity index (χ0n) is 46.1. The summed E-state index contributed by atoms with van der Waals surface area (Å²) in [5, 5.41) is 130. The third-order valence-electron chi connectivity index (χ3n) is 21.4. The van der Waals surface area contributed by atoms with Crippen molar-refractivity contribution < 1.29 is 113 Å². The number of allylic oxidation sites excluding steroid dienone is 2. The van der Waals surface area contributed by atoms with Gasteiger partial charge in [-0.15, -0.1) is 0 Å². The van der Waals surface area contributed by atoms with Crippen LogP contribution >= 0.6 is 0 Å². The number of fused-ring (bicyclic) bond motifs is 7. The fourth-order valence-electron chi connectivity index (χ4n) is 16.4. The van der Waals surface area contributed by atoms with Crippen molar-refractivity contribution in [1.29, 1.82) is 0 Å².